The van der Waals surface area contributed by atoms with Gasteiger partial charge in [0.25, 0.3) is 0 Å². The summed E-state index contributed by atoms with van der Waals surface area (Å²) >= 11 is 0. The largest absolute Gasteiger partial charge is 0.492 e. The molecule has 0 bridgehead atoms. The average molecular weight is 262 g/mol. The SMILES string of the molecule is Nc1ccc(OCCNC(=O)Cn2cnnn2)cc1. The molecule has 0 aliphatic carbocycles. The number of carbonyl (C=O) groups is 1. The van der Waals surface area contributed by atoms with Gasteiger partial charge in [-0.25, -0.2) is 4.68 Å². The molecule has 1 aromatic heterocycles. The van der Waals surface area contributed by atoms with Gasteiger partial charge >= 0.3 is 0 Å². The molecule has 0 fully saturated rings. The first kappa shape index (κ1) is 12.8. The Morgan fingerprint density at radius 1 is 1.37 bits per heavy atom. The van der Waals surface area contributed by atoms with E-state index in [1.165, 1.54) is 11.0 Å². The van der Waals surface area contributed by atoms with Crippen LogP contribution in [0.25, 0.3) is 0 Å². The van der Waals surface area contributed by atoms with E-state index in [1.807, 2.05) is 0 Å². The van der Waals surface area contributed by atoms with E-state index in [0.29, 0.717) is 24.6 Å². The first-order valence-electron chi connectivity index (χ1n) is 5.70. The van der Waals surface area contributed by atoms with Crippen LogP contribution in [0.3, 0.4) is 0 Å². The zero-order valence-electron chi connectivity index (χ0n) is 10.2. The molecule has 3 N–H and O–H groups in total. The molecular weight excluding hydrogens is 248 g/mol. The maximum absolute atomic E-state index is 11.5. The summed E-state index contributed by atoms with van der Waals surface area (Å²) in [7, 11) is 0. The lowest BCUT2D eigenvalue weighted by molar-refractivity contribution is -0.121. The molecule has 0 aliphatic heterocycles. The summed E-state index contributed by atoms with van der Waals surface area (Å²) in [5.41, 5.74) is 6.24. The van der Waals surface area contributed by atoms with Crippen molar-refractivity contribution in [2.24, 2.45) is 0 Å². The van der Waals surface area contributed by atoms with Crippen LogP contribution in [0, 0.1) is 0 Å². The molecule has 100 valence electrons. The van der Waals surface area contributed by atoms with Crippen molar-refractivity contribution < 1.29 is 9.53 Å². The molecular formula is C11H14N6O2. The summed E-state index contributed by atoms with van der Waals surface area (Å²) in [6.45, 7) is 0.880. The van der Waals surface area contributed by atoms with Crippen molar-refractivity contribution >= 4 is 11.6 Å². The Labute approximate surface area is 109 Å². The van der Waals surface area contributed by atoms with Crippen LogP contribution in [0.4, 0.5) is 5.69 Å². The number of amides is 1. The normalized spacial score (nSPS) is 10.1. The molecule has 0 atom stereocenters. The van der Waals surface area contributed by atoms with E-state index >= 15 is 0 Å². The van der Waals surface area contributed by atoms with Gasteiger partial charge in [-0.15, -0.1) is 5.10 Å². The monoisotopic (exact) mass is 262 g/mol. The Morgan fingerprint density at radius 2 is 2.16 bits per heavy atom. The van der Waals surface area contributed by atoms with Gasteiger partial charge in [0.1, 0.15) is 25.2 Å². The van der Waals surface area contributed by atoms with Crippen molar-refractivity contribution in [2.75, 3.05) is 18.9 Å². The predicted molar refractivity (Wildman–Crippen MR) is 67.2 cm³/mol. The third-order valence-corrected chi connectivity index (χ3v) is 2.27. The maximum Gasteiger partial charge on any atom is 0.241 e. The number of ether oxygens (including phenoxy) is 1. The summed E-state index contributed by atoms with van der Waals surface area (Å²) in [5, 5.41) is 13.2. The minimum Gasteiger partial charge on any atom is -0.492 e. The van der Waals surface area contributed by atoms with Crippen LogP contribution >= 0.6 is 0 Å². The van der Waals surface area contributed by atoms with E-state index in [4.69, 9.17) is 10.5 Å². The molecule has 0 saturated carbocycles. The fraction of sp³-hybridized carbons (Fsp3) is 0.273. The number of nitrogens with two attached hydrogens (primary N) is 1. The summed E-state index contributed by atoms with van der Waals surface area (Å²) in [6, 6.07) is 7.06. The van der Waals surface area contributed by atoms with Crippen molar-refractivity contribution in [3.8, 4) is 5.75 Å². The number of hydrogen-bond donors (Lipinski definition) is 2. The summed E-state index contributed by atoms with van der Waals surface area (Å²) < 4.78 is 6.77. The highest BCUT2D eigenvalue weighted by atomic mass is 16.5. The number of benzene rings is 1. The Balaban J connectivity index is 1.64. The first-order valence-corrected chi connectivity index (χ1v) is 5.70. The van der Waals surface area contributed by atoms with Gasteiger partial charge in [0, 0.05) is 5.69 Å². The number of nitrogens with one attached hydrogen (secondary N) is 1. The smallest absolute Gasteiger partial charge is 0.241 e. The van der Waals surface area contributed by atoms with Crippen LogP contribution in [0.1, 0.15) is 0 Å². The van der Waals surface area contributed by atoms with E-state index in [-0.39, 0.29) is 12.5 Å². The Morgan fingerprint density at radius 3 is 2.84 bits per heavy atom. The highest BCUT2D eigenvalue weighted by Crippen LogP contribution is 2.12. The fourth-order valence-corrected chi connectivity index (χ4v) is 1.38. The zero-order valence-corrected chi connectivity index (χ0v) is 10.2. The van der Waals surface area contributed by atoms with Gasteiger partial charge in [0.2, 0.25) is 5.91 Å². The van der Waals surface area contributed by atoms with E-state index < -0.39 is 0 Å². The number of tetrazole rings is 1. The molecule has 0 radical (unpaired) electrons. The Bertz CT molecular complexity index is 510. The van der Waals surface area contributed by atoms with Crippen molar-refractivity contribution in [3.63, 3.8) is 0 Å². The second kappa shape index (κ2) is 6.34. The highest BCUT2D eigenvalue weighted by molar-refractivity contribution is 5.75. The number of nitrogen functional groups attached to an aromatic ring is 1. The second-order valence-corrected chi connectivity index (χ2v) is 3.77. The molecule has 8 nitrogen and oxygen atoms in total. The molecule has 1 amide bonds. The van der Waals surface area contributed by atoms with Crippen molar-refractivity contribution in [1.82, 2.24) is 25.5 Å². The van der Waals surface area contributed by atoms with Crippen LogP contribution < -0.4 is 15.8 Å². The predicted octanol–water partition coefficient (Wildman–Crippen LogP) is -0.549. The number of anilines is 1. The van der Waals surface area contributed by atoms with Crippen LogP contribution in [0.5, 0.6) is 5.75 Å². The van der Waals surface area contributed by atoms with Gasteiger partial charge in [0.05, 0.1) is 6.54 Å². The van der Waals surface area contributed by atoms with Crippen LogP contribution in [0.2, 0.25) is 0 Å². The van der Waals surface area contributed by atoms with Gasteiger partial charge in [0.15, 0.2) is 0 Å². The maximum atomic E-state index is 11.5. The van der Waals surface area contributed by atoms with Gasteiger partial charge in [-0.05, 0) is 34.7 Å². The van der Waals surface area contributed by atoms with Crippen molar-refractivity contribution in [1.29, 1.82) is 0 Å². The van der Waals surface area contributed by atoms with Crippen molar-refractivity contribution in [3.05, 3.63) is 30.6 Å². The number of nitrogens with zero attached hydrogens (tertiary/aromatic N) is 4. The third-order valence-electron chi connectivity index (χ3n) is 2.27. The van der Waals surface area contributed by atoms with Crippen molar-refractivity contribution in [2.45, 2.75) is 6.54 Å². The van der Waals surface area contributed by atoms with E-state index in [1.54, 1.807) is 24.3 Å². The number of carbonyl (C=O) groups excluding carboxylic acids is 1. The fourth-order valence-electron chi connectivity index (χ4n) is 1.38. The van der Waals surface area contributed by atoms with E-state index in [9.17, 15) is 4.79 Å². The highest BCUT2D eigenvalue weighted by Gasteiger charge is 2.02. The molecule has 2 aromatic rings. The minimum atomic E-state index is -0.173. The number of rotatable bonds is 6. The topological polar surface area (TPSA) is 108 Å². The third kappa shape index (κ3) is 4.26. The Kier molecular flexibility index (Phi) is 4.27. The molecule has 2 rings (SSSR count). The number of hydrogen-bond acceptors (Lipinski definition) is 6. The van der Waals surface area contributed by atoms with E-state index in [2.05, 4.69) is 20.8 Å². The van der Waals surface area contributed by atoms with E-state index in [0.717, 1.165) is 0 Å². The molecule has 1 heterocycles. The lowest BCUT2D eigenvalue weighted by Gasteiger charge is -2.07. The molecule has 0 spiro atoms. The van der Waals surface area contributed by atoms with Gasteiger partial charge in [-0.2, -0.15) is 0 Å². The molecule has 19 heavy (non-hydrogen) atoms. The first-order chi connectivity index (χ1) is 9.24. The lowest BCUT2D eigenvalue weighted by atomic mass is 10.3. The quantitative estimate of drug-likeness (QED) is 0.534. The lowest BCUT2D eigenvalue weighted by Crippen LogP contribution is -2.31. The standard InChI is InChI=1S/C11H14N6O2/c12-9-1-3-10(4-2-9)19-6-5-13-11(18)7-17-8-14-15-16-17/h1-4,8H,5-7,12H2,(H,13,18). The average Bonchev–Trinajstić information content (AvgIpc) is 2.89. The zero-order chi connectivity index (χ0) is 13.5. The van der Waals surface area contributed by atoms with Crippen LogP contribution in [-0.2, 0) is 11.3 Å². The molecule has 8 heteroatoms. The van der Waals surface area contributed by atoms with Gasteiger partial charge in [-0.3, -0.25) is 4.79 Å². The summed E-state index contributed by atoms with van der Waals surface area (Å²) in [6.07, 6.45) is 1.38. The Hall–Kier alpha value is -2.64. The van der Waals surface area contributed by atoms with Crippen LogP contribution in [0.15, 0.2) is 30.6 Å². The molecule has 0 unspecified atom stereocenters. The van der Waals surface area contributed by atoms with Gasteiger partial charge in [-0.1, -0.05) is 0 Å². The van der Waals surface area contributed by atoms with Crippen LogP contribution in [-0.4, -0.2) is 39.3 Å². The molecule has 0 aliphatic rings. The minimum absolute atomic E-state index is 0.0921. The molecule has 1 aromatic carbocycles. The van der Waals surface area contributed by atoms with Gasteiger partial charge < -0.3 is 15.8 Å². The number of aromatic nitrogens is 4. The summed E-state index contributed by atoms with van der Waals surface area (Å²) in [4.78, 5) is 11.5. The second-order valence-electron chi connectivity index (χ2n) is 3.77. The summed E-state index contributed by atoms with van der Waals surface area (Å²) in [5.74, 6) is 0.539. The molecule has 0 saturated heterocycles.